The van der Waals surface area contributed by atoms with Crippen LogP contribution in [0.4, 0.5) is 0 Å². The molecule has 1 saturated carbocycles. The highest BCUT2D eigenvalue weighted by molar-refractivity contribution is 9.10. The predicted molar refractivity (Wildman–Crippen MR) is 91.0 cm³/mol. The topological polar surface area (TPSA) is 12.0 Å². The van der Waals surface area contributed by atoms with Gasteiger partial charge in [-0.1, -0.05) is 67.6 Å². The second-order valence-corrected chi connectivity index (χ2v) is 7.01. The molecule has 1 aliphatic rings. The van der Waals surface area contributed by atoms with Gasteiger partial charge in [-0.3, -0.25) is 0 Å². The zero-order valence-corrected chi connectivity index (χ0v) is 14.7. The van der Waals surface area contributed by atoms with E-state index >= 15 is 0 Å². The van der Waals surface area contributed by atoms with Gasteiger partial charge in [0, 0.05) is 10.5 Å². The van der Waals surface area contributed by atoms with Crippen LogP contribution in [-0.2, 0) is 0 Å². The maximum Gasteiger partial charge on any atom is 0.0351 e. The lowest BCUT2D eigenvalue weighted by atomic mass is 9.72. The molecule has 0 saturated heterocycles. The van der Waals surface area contributed by atoms with Crippen LogP contribution in [-0.4, -0.2) is 6.54 Å². The smallest absolute Gasteiger partial charge is 0.0351 e. The Labute approximate surface area is 132 Å². The van der Waals surface area contributed by atoms with Crippen LogP contribution in [0.25, 0.3) is 0 Å². The van der Waals surface area contributed by atoms with E-state index in [1.807, 2.05) is 0 Å². The Bertz CT molecular complexity index is 429. The molecular weight excluding hydrogens is 310 g/mol. The summed E-state index contributed by atoms with van der Waals surface area (Å²) in [6.07, 6.45) is 6.94. The molecule has 0 amide bonds. The summed E-state index contributed by atoms with van der Waals surface area (Å²) in [6.45, 7) is 7.82. The summed E-state index contributed by atoms with van der Waals surface area (Å²) >= 11 is 3.62. The van der Waals surface area contributed by atoms with Gasteiger partial charge in [0.2, 0.25) is 0 Å². The van der Waals surface area contributed by atoms with Gasteiger partial charge >= 0.3 is 0 Å². The first kappa shape index (κ1) is 16.0. The summed E-state index contributed by atoms with van der Waals surface area (Å²) in [7, 11) is 0. The summed E-state index contributed by atoms with van der Waals surface area (Å²) < 4.78 is 1.21. The van der Waals surface area contributed by atoms with Crippen LogP contribution in [0.3, 0.4) is 0 Å². The fraction of sp³-hybridized carbons (Fsp3) is 0.667. The van der Waals surface area contributed by atoms with Crippen LogP contribution >= 0.6 is 15.9 Å². The summed E-state index contributed by atoms with van der Waals surface area (Å²) in [5.41, 5.74) is 2.81. The third-order valence-corrected chi connectivity index (χ3v) is 5.78. The highest BCUT2D eigenvalue weighted by Gasteiger charge is 2.31. The molecule has 20 heavy (non-hydrogen) atoms. The van der Waals surface area contributed by atoms with Gasteiger partial charge in [-0.15, -0.1) is 0 Å². The summed E-state index contributed by atoms with van der Waals surface area (Å²) in [5, 5.41) is 3.76. The van der Waals surface area contributed by atoms with Crippen molar-refractivity contribution in [3.05, 3.63) is 33.8 Å². The standard InChI is InChI=1S/C18H28BrN/c1-4-14-8-6-7-9-16(14)18(20-5-2)15-10-11-17(19)13(3)12-15/h10-12,14,16,18,20H,4-9H2,1-3H3. The molecule has 1 fully saturated rings. The summed E-state index contributed by atoms with van der Waals surface area (Å²) in [4.78, 5) is 0. The molecule has 0 bridgehead atoms. The fourth-order valence-electron chi connectivity index (χ4n) is 3.78. The van der Waals surface area contributed by atoms with E-state index in [2.05, 4.69) is 60.2 Å². The number of hydrogen-bond acceptors (Lipinski definition) is 1. The molecule has 1 N–H and O–H groups in total. The van der Waals surface area contributed by atoms with E-state index in [9.17, 15) is 0 Å². The summed E-state index contributed by atoms with van der Waals surface area (Å²) in [6, 6.07) is 7.39. The largest absolute Gasteiger partial charge is 0.310 e. The molecule has 0 aromatic heterocycles. The van der Waals surface area contributed by atoms with Crippen LogP contribution in [0.5, 0.6) is 0 Å². The third kappa shape index (κ3) is 3.65. The van der Waals surface area contributed by atoms with Crippen molar-refractivity contribution in [1.29, 1.82) is 0 Å². The van der Waals surface area contributed by atoms with Crippen LogP contribution in [0, 0.1) is 18.8 Å². The van der Waals surface area contributed by atoms with E-state index in [0.29, 0.717) is 6.04 Å². The molecule has 2 heteroatoms. The van der Waals surface area contributed by atoms with Gasteiger partial charge in [0.05, 0.1) is 0 Å². The van der Waals surface area contributed by atoms with Crippen LogP contribution in [0.15, 0.2) is 22.7 Å². The predicted octanol–water partition coefficient (Wildman–Crippen LogP) is 5.62. The van der Waals surface area contributed by atoms with E-state index in [1.54, 1.807) is 0 Å². The lowest BCUT2D eigenvalue weighted by Gasteiger charge is -2.37. The Kier molecular flexibility index (Phi) is 6.10. The molecular formula is C18H28BrN. The first-order valence-corrected chi connectivity index (χ1v) is 8.96. The molecule has 1 aromatic rings. The normalized spacial score (nSPS) is 24.6. The highest BCUT2D eigenvalue weighted by Crippen LogP contribution is 2.40. The van der Waals surface area contributed by atoms with Gasteiger partial charge in [-0.2, -0.15) is 0 Å². The van der Waals surface area contributed by atoms with Crippen molar-refractivity contribution < 1.29 is 0 Å². The quantitative estimate of drug-likeness (QED) is 0.734. The molecule has 0 spiro atoms. The van der Waals surface area contributed by atoms with Crippen molar-refractivity contribution in [2.75, 3.05) is 6.54 Å². The van der Waals surface area contributed by atoms with E-state index in [-0.39, 0.29) is 0 Å². The molecule has 3 unspecified atom stereocenters. The van der Waals surface area contributed by atoms with E-state index in [1.165, 1.54) is 47.7 Å². The number of aryl methyl sites for hydroxylation is 1. The number of hydrogen-bond donors (Lipinski definition) is 1. The van der Waals surface area contributed by atoms with Crippen molar-refractivity contribution >= 4 is 15.9 Å². The molecule has 2 rings (SSSR count). The van der Waals surface area contributed by atoms with Crippen LogP contribution in [0.1, 0.15) is 63.1 Å². The van der Waals surface area contributed by atoms with Crippen molar-refractivity contribution in [3.63, 3.8) is 0 Å². The Morgan fingerprint density at radius 1 is 1.25 bits per heavy atom. The lowest BCUT2D eigenvalue weighted by molar-refractivity contribution is 0.176. The van der Waals surface area contributed by atoms with Crippen molar-refractivity contribution in [2.45, 2.75) is 58.9 Å². The molecule has 0 radical (unpaired) electrons. The molecule has 3 atom stereocenters. The van der Waals surface area contributed by atoms with E-state index in [4.69, 9.17) is 0 Å². The average molecular weight is 338 g/mol. The second-order valence-electron chi connectivity index (χ2n) is 6.16. The zero-order chi connectivity index (χ0) is 14.5. The van der Waals surface area contributed by atoms with Gasteiger partial charge in [-0.05, 0) is 48.9 Å². The monoisotopic (exact) mass is 337 g/mol. The first-order valence-electron chi connectivity index (χ1n) is 8.16. The minimum atomic E-state index is 0.525. The molecule has 1 aromatic carbocycles. The maximum atomic E-state index is 3.76. The average Bonchev–Trinajstić information content (AvgIpc) is 2.48. The maximum absolute atomic E-state index is 3.76. The Balaban J connectivity index is 2.26. The minimum Gasteiger partial charge on any atom is -0.310 e. The van der Waals surface area contributed by atoms with Gasteiger partial charge < -0.3 is 5.32 Å². The number of nitrogens with one attached hydrogen (secondary N) is 1. The number of halogens is 1. The molecule has 112 valence electrons. The first-order chi connectivity index (χ1) is 9.67. The SMILES string of the molecule is CCNC(c1ccc(Br)c(C)c1)C1CCCCC1CC. The Morgan fingerprint density at radius 2 is 2.00 bits per heavy atom. The van der Waals surface area contributed by atoms with E-state index in [0.717, 1.165) is 18.4 Å². The van der Waals surface area contributed by atoms with Crippen molar-refractivity contribution in [2.24, 2.45) is 11.8 Å². The molecule has 1 nitrogen and oxygen atoms in total. The van der Waals surface area contributed by atoms with Crippen LogP contribution in [0.2, 0.25) is 0 Å². The number of benzene rings is 1. The number of rotatable bonds is 5. The highest BCUT2D eigenvalue weighted by atomic mass is 79.9. The molecule has 1 aliphatic carbocycles. The van der Waals surface area contributed by atoms with Gasteiger partial charge in [-0.25, -0.2) is 0 Å². The fourth-order valence-corrected chi connectivity index (χ4v) is 4.03. The zero-order valence-electron chi connectivity index (χ0n) is 13.1. The van der Waals surface area contributed by atoms with Gasteiger partial charge in [0.15, 0.2) is 0 Å². The van der Waals surface area contributed by atoms with E-state index < -0.39 is 0 Å². The third-order valence-electron chi connectivity index (χ3n) is 4.89. The van der Waals surface area contributed by atoms with Crippen LogP contribution < -0.4 is 5.32 Å². The van der Waals surface area contributed by atoms with Gasteiger partial charge in [0.1, 0.15) is 0 Å². The molecule has 0 aliphatic heterocycles. The Hall–Kier alpha value is -0.340. The van der Waals surface area contributed by atoms with Gasteiger partial charge in [0.25, 0.3) is 0 Å². The molecule has 0 heterocycles. The Morgan fingerprint density at radius 3 is 2.65 bits per heavy atom. The minimum absolute atomic E-state index is 0.525. The van der Waals surface area contributed by atoms with Crippen molar-refractivity contribution in [1.82, 2.24) is 5.32 Å². The van der Waals surface area contributed by atoms with Crippen molar-refractivity contribution in [3.8, 4) is 0 Å². The second kappa shape index (κ2) is 7.61. The lowest BCUT2D eigenvalue weighted by Crippen LogP contribution is -2.34. The summed E-state index contributed by atoms with van der Waals surface area (Å²) in [5.74, 6) is 1.69.